The molecule has 108 valence electrons. The van der Waals surface area contributed by atoms with E-state index in [1.165, 1.54) is 0 Å². The molecule has 0 aromatic heterocycles. The maximum absolute atomic E-state index is 11.8. The zero-order chi connectivity index (χ0) is 15.0. The van der Waals surface area contributed by atoms with Crippen LogP contribution in [0.1, 0.15) is 31.2 Å². The molecule has 0 aliphatic carbocycles. The number of hydrogen-bond acceptors (Lipinski definition) is 4. The Bertz CT molecular complexity index is 469. The minimum Gasteiger partial charge on any atom is -0.482 e. The molecule has 2 N–H and O–H groups in total. The topological polar surface area (TPSA) is 92.7 Å². The number of imide groups is 1. The largest absolute Gasteiger partial charge is 0.482 e. The lowest BCUT2D eigenvalue weighted by molar-refractivity contribution is -0.139. The molecular formula is C14H17NO5. The highest BCUT2D eigenvalue weighted by Gasteiger charge is 2.19. The van der Waals surface area contributed by atoms with E-state index in [4.69, 9.17) is 9.84 Å². The molecule has 1 atom stereocenters. The fourth-order valence-electron chi connectivity index (χ4n) is 1.84. The molecule has 0 radical (unpaired) electrons. The number of carbonyl (C=O) groups is 3. The molecule has 1 unspecified atom stereocenters. The second-order valence-electron chi connectivity index (χ2n) is 4.22. The highest BCUT2D eigenvalue weighted by molar-refractivity contribution is 5.91. The number of aliphatic carboxylic acids is 1. The number of hydrogen-bond donors (Lipinski definition) is 2. The van der Waals surface area contributed by atoms with Crippen LogP contribution in [-0.2, 0) is 14.4 Å². The Labute approximate surface area is 116 Å². The van der Waals surface area contributed by atoms with E-state index in [9.17, 15) is 14.4 Å². The number of rotatable bonds is 8. The number of nitrogens with one attached hydrogen (secondary N) is 1. The summed E-state index contributed by atoms with van der Waals surface area (Å²) in [6.45, 7) is 1.54. The molecular weight excluding hydrogens is 262 g/mol. The zero-order valence-corrected chi connectivity index (χ0v) is 11.2. The fourth-order valence-corrected chi connectivity index (χ4v) is 1.84. The van der Waals surface area contributed by atoms with Crippen LogP contribution >= 0.6 is 0 Å². The Balaban J connectivity index is 2.79. The van der Waals surface area contributed by atoms with E-state index >= 15 is 0 Å². The summed E-state index contributed by atoms with van der Waals surface area (Å²) in [7, 11) is 0. The van der Waals surface area contributed by atoms with Crippen molar-refractivity contribution in [3.8, 4) is 5.75 Å². The Hall–Kier alpha value is -2.37. The molecule has 6 heteroatoms. The van der Waals surface area contributed by atoms with Crippen LogP contribution in [0, 0.1) is 0 Å². The zero-order valence-electron chi connectivity index (χ0n) is 11.2. The molecule has 2 amide bonds. The van der Waals surface area contributed by atoms with Crippen LogP contribution in [0.3, 0.4) is 0 Å². The van der Waals surface area contributed by atoms with Crippen LogP contribution in [-0.4, -0.2) is 30.0 Å². The van der Waals surface area contributed by atoms with Crippen molar-refractivity contribution < 1.29 is 24.2 Å². The number of amides is 2. The summed E-state index contributed by atoms with van der Waals surface area (Å²) in [5, 5.41) is 10.7. The number of ether oxygens (including phenoxy) is 1. The van der Waals surface area contributed by atoms with Gasteiger partial charge in [0, 0.05) is 0 Å². The quantitative estimate of drug-likeness (QED) is 0.700. The van der Waals surface area contributed by atoms with Crippen LogP contribution in [0.25, 0.3) is 0 Å². The molecule has 0 bridgehead atoms. The first-order valence-electron chi connectivity index (χ1n) is 6.27. The molecule has 0 saturated heterocycles. The van der Waals surface area contributed by atoms with Gasteiger partial charge in [0.1, 0.15) is 5.75 Å². The van der Waals surface area contributed by atoms with Crippen LogP contribution in [0.5, 0.6) is 5.75 Å². The van der Waals surface area contributed by atoms with E-state index in [0.717, 1.165) is 12.0 Å². The fraction of sp³-hybridized carbons (Fsp3) is 0.357. The van der Waals surface area contributed by atoms with E-state index in [-0.39, 0.29) is 5.91 Å². The number of benzene rings is 1. The third-order valence-electron chi connectivity index (χ3n) is 2.74. The van der Waals surface area contributed by atoms with Gasteiger partial charge >= 0.3 is 5.97 Å². The van der Waals surface area contributed by atoms with Gasteiger partial charge in [-0.15, -0.1) is 0 Å². The average molecular weight is 279 g/mol. The lowest BCUT2D eigenvalue weighted by Crippen LogP contribution is -2.28. The molecule has 0 spiro atoms. The second-order valence-corrected chi connectivity index (χ2v) is 4.22. The van der Waals surface area contributed by atoms with Crippen molar-refractivity contribution in [3.63, 3.8) is 0 Å². The Morgan fingerprint density at radius 1 is 1.35 bits per heavy atom. The van der Waals surface area contributed by atoms with Gasteiger partial charge < -0.3 is 9.84 Å². The van der Waals surface area contributed by atoms with Gasteiger partial charge in [-0.2, -0.15) is 0 Å². The highest BCUT2D eigenvalue weighted by atomic mass is 16.5. The van der Waals surface area contributed by atoms with Gasteiger partial charge in [0.15, 0.2) is 6.61 Å². The normalized spacial score (nSPS) is 11.4. The highest BCUT2D eigenvalue weighted by Crippen LogP contribution is 2.24. The SMILES string of the molecule is CCCC(C(=O)NC=O)c1ccc(OCC(=O)O)cc1. The molecule has 0 heterocycles. The van der Waals surface area contributed by atoms with Gasteiger partial charge in [-0.3, -0.25) is 14.9 Å². The molecule has 0 saturated carbocycles. The third kappa shape index (κ3) is 4.72. The summed E-state index contributed by atoms with van der Waals surface area (Å²) in [6.07, 6.45) is 1.79. The monoisotopic (exact) mass is 279 g/mol. The van der Waals surface area contributed by atoms with Crippen molar-refractivity contribution in [1.82, 2.24) is 5.32 Å². The minimum absolute atomic E-state index is 0.346. The first kappa shape index (κ1) is 15.7. The Kier molecular flexibility index (Phi) is 6.22. The van der Waals surface area contributed by atoms with Gasteiger partial charge in [0.25, 0.3) is 0 Å². The summed E-state index contributed by atoms with van der Waals surface area (Å²) in [5.74, 6) is -1.38. The molecule has 0 aliphatic rings. The second kappa shape index (κ2) is 7.93. The number of carboxylic acids is 1. The standard InChI is InChI=1S/C14H17NO5/c1-2-3-12(14(19)15-9-16)10-4-6-11(7-5-10)20-8-13(17)18/h4-7,9,12H,2-3,8H2,1H3,(H,17,18)(H,15,16,19). The van der Waals surface area contributed by atoms with E-state index in [1.54, 1.807) is 24.3 Å². The van der Waals surface area contributed by atoms with Gasteiger partial charge in [-0.25, -0.2) is 4.79 Å². The third-order valence-corrected chi connectivity index (χ3v) is 2.74. The van der Waals surface area contributed by atoms with Gasteiger partial charge in [-0.1, -0.05) is 25.5 Å². The van der Waals surface area contributed by atoms with Crippen molar-refractivity contribution in [2.75, 3.05) is 6.61 Å². The summed E-state index contributed by atoms with van der Waals surface area (Å²) < 4.78 is 5.01. The molecule has 0 fully saturated rings. The maximum atomic E-state index is 11.8. The summed E-state index contributed by atoms with van der Waals surface area (Å²) in [6, 6.07) is 6.61. The maximum Gasteiger partial charge on any atom is 0.341 e. The predicted octanol–water partition coefficient (Wildman–Crippen LogP) is 1.31. The van der Waals surface area contributed by atoms with Crippen molar-refractivity contribution in [1.29, 1.82) is 0 Å². The Morgan fingerprint density at radius 2 is 2.00 bits per heavy atom. The molecule has 20 heavy (non-hydrogen) atoms. The molecule has 6 nitrogen and oxygen atoms in total. The van der Waals surface area contributed by atoms with Crippen molar-refractivity contribution in [2.45, 2.75) is 25.7 Å². The van der Waals surface area contributed by atoms with Crippen molar-refractivity contribution in [3.05, 3.63) is 29.8 Å². The van der Waals surface area contributed by atoms with Crippen molar-refractivity contribution in [2.24, 2.45) is 0 Å². The minimum atomic E-state index is -1.05. The van der Waals surface area contributed by atoms with E-state index in [0.29, 0.717) is 18.6 Å². The first-order valence-corrected chi connectivity index (χ1v) is 6.27. The number of carboxylic acid groups (broad SMARTS) is 1. The molecule has 0 aliphatic heterocycles. The molecule has 1 rings (SSSR count). The van der Waals surface area contributed by atoms with Crippen LogP contribution in [0.2, 0.25) is 0 Å². The summed E-state index contributed by atoms with van der Waals surface area (Å²) in [5.41, 5.74) is 0.758. The van der Waals surface area contributed by atoms with E-state index in [2.05, 4.69) is 5.32 Å². The molecule has 1 aromatic rings. The van der Waals surface area contributed by atoms with Gasteiger partial charge in [0.05, 0.1) is 5.92 Å². The lowest BCUT2D eigenvalue weighted by atomic mass is 9.93. The summed E-state index contributed by atoms with van der Waals surface area (Å²) in [4.78, 5) is 32.5. The smallest absolute Gasteiger partial charge is 0.341 e. The lowest BCUT2D eigenvalue weighted by Gasteiger charge is -2.15. The van der Waals surface area contributed by atoms with E-state index < -0.39 is 18.5 Å². The Morgan fingerprint density at radius 3 is 2.50 bits per heavy atom. The summed E-state index contributed by atoms with van der Waals surface area (Å²) >= 11 is 0. The van der Waals surface area contributed by atoms with Gasteiger partial charge in [0.2, 0.25) is 12.3 Å². The van der Waals surface area contributed by atoms with Crippen LogP contribution in [0.4, 0.5) is 0 Å². The van der Waals surface area contributed by atoms with Crippen LogP contribution in [0.15, 0.2) is 24.3 Å². The number of carbonyl (C=O) groups excluding carboxylic acids is 2. The average Bonchev–Trinajstić information content (AvgIpc) is 2.43. The van der Waals surface area contributed by atoms with Crippen molar-refractivity contribution >= 4 is 18.3 Å². The van der Waals surface area contributed by atoms with Crippen LogP contribution < -0.4 is 10.1 Å². The first-order chi connectivity index (χ1) is 9.58. The van der Waals surface area contributed by atoms with E-state index in [1.807, 2.05) is 6.92 Å². The predicted molar refractivity (Wildman–Crippen MR) is 71.4 cm³/mol. The van der Waals surface area contributed by atoms with Gasteiger partial charge in [-0.05, 0) is 24.1 Å². The molecule has 1 aromatic carbocycles.